The second-order valence-corrected chi connectivity index (χ2v) is 16.4. The van der Waals surface area contributed by atoms with E-state index in [1.54, 1.807) is 0 Å². The Hall–Kier alpha value is -8.20. The molecule has 0 atom stereocenters. The summed E-state index contributed by atoms with van der Waals surface area (Å²) in [6.07, 6.45) is 0. The Morgan fingerprint density at radius 3 is 1.41 bits per heavy atom. The molecule has 296 valence electrons. The predicted molar refractivity (Wildman–Crippen MR) is 262 cm³/mol. The molecule has 10 aromatic carbocycles. The number of benzene rings is 10. The van der Waals surface area contributed by atoms with Crippen LogP contribution in [0, 0.1) is 0 Å². The van der Waals surface area contributed by atoms with Crippen LogP contribution in [0.15, 0.2) is 253 Å². The van der Waals surface area contributed by atoms with Crippen molar-refractivity contribution < 1.29 is 4.42 Å². The molecule has 1 aliphatic carbocycles. The lowest BCUT2D eigenvalue weighted by Gasteiger charge is -2.34. The van der Waals surface area contributed by atoms with E-state index in [1.807, 2.05) is 12.1 Å². The summed E-state index contributed by atoms with van der Waals surface area (Å²) in [4.78, 5) is 2.44. The molecule has 0 bridgehead atoms. The summed E-state index contributed by atoms with van der Waals surface area (Å²) in [5.41, 5.74) is 19.2. The van der Waals surface area contributed by atoms with Crippen LogP contribution < -0.4 is 4.90 Å². The first-order chi connectivity index (χ1) is 31.2. The molecule has 1 aliphatic rings. The highest BCUT2D eigenvalue weighted by Gasteiger charge is 2.47. The van der Waals surface area contributed by atoms with Crippen LogP contribution in [0.2, 0.25) is 0 Å². The topological polar surface area (TPSA) is 16.4 Å². The van der Waals surface area contributed by atoms with Crippen molar-refractivity contribution in [2.45, 2.75) is 5.41 Å². The lowest BCUT2D eigenvalue weighted by Crippen LogP contribution is -2.28. The maximum atomic E-state index is 6.18. The second-order valence-electron chi connectivity index (χ2n) is 16.4. The first kappa shape index (κ1) is 36.6. The van der Waals surface area contributed by atoms with Gasteiger partial charge in [0.1, 0.15) is 11.2 Å². The van der Waals surface area contributed by atoms with Gasteiger partial charge in [0, 0.05) is 27.7 Å². The maximum Gasteiger partial charge on any atom is 0.135 e. The molecule has 2 nitrogen and oxygen atoms in total. The number of fused-ring (bicyclic) bond motifs is 6. The van der Waals surface area contributed by atoms with E-state index in [-0.39, 0.29) is 0 Å². The third kappa shape index (κ3) is 6.02. The lowest BCUT2D eigenvalue weighted by molar-refractivity contribution is 0.669. The third-order valence-electron chi connectivity index (χ3n) is 13.0. The van der Waals surface area contributed by atoms with Crippen molar-refractivity contribution in [1.82, 2.24) is 0 Å². The van der Waals surface area contributed by atoms with Crippen LogP contribution in [0.25, 0.3) is 66.4 Å². The van der Waals surface area contributed by atoms with E-state index in [9.17, 15) is 0 Å². The van der Waals surface area contributed by atoms with E-state index in [0.717, 1.165) is 50.1 Å². The quantitative estimate of drug-likeness (QED) is 0.152. The third-order valence-corrected chi connectivity index (χ3v) is 13.0. The summed E-state index contributed by atoms with van der Waals surface area (Å²) in [6, 6.07) is 90.3. The molecule has 2 heteroatoms. The fraction of sp³-hybridized carbons (Fsp3) is 0.0164. The maximum absolute atomic E-state index is 6.18. The van der Waals surface area contributed by atoms with Crippen LogP contribution in [-0.2, 0) is 5.41 Å². The van der Waals surface area contributed by atoms with Crippen molar-refractivity contribution in [1.29, 1.82) is 0 Å². The first-order valence-corrected chi connectivity index (χ1v) is 21.7. The predicted octanol–water partition coefficient (Wildman–Crippen LogP) is 16.4. The van der Waals surface area contributed by atoms with E-state index in [2.05, 4.69) is 241 Å². The molecule has 0 unspecified atom stereocenters. The Balaban J connectivity index is 1.02. The van der Waals surface area contributed by atoms with Crippen LogP contribution in [0.1, 0.15) is 22.3 Å². The zero-order chi connectivity index (χ0) is 41.7. The summed E-state index contributed by atoms with van der Waals surface area (Å²) in [6.45, 7) is 0. The number of anilines is 3. The van der Waals surface area contributed by atoms with E-state index in [1.165, 1.54) is 55.6 Å². The SMILES string of the molecule is c1ccc(-c2ccc(-c3ccc(N(c4ccc(-c5ccc6oc7ccccc7c6c5)cc4)c4cccc5c4-c4ccccc4C5(c4ccccc4)c4ccccc4)cc3)cc2)cc1. The van der Waals surface area contributed by atoms with Crippen molar-refractivity contribution in [3.05, 3.63) is 271 Å². The highest BCUT2D eigenvalue weighted by atomic mass is 16.3. The summed E-state index contributed by atoms with van der Waals surface area (Å²) in [5, 5.41) is 2.26. The standard InChI is InChI=1S/C61H41NO/c1-4-15-42(16-5-1)43-27-29-44(30-28-43)45-31-36-50(37-32-45)62(51-38-33-46(34-39-51)47-35-40-59-54(41-47)52-21-11-13-26-58(52)63-59)57-25-14-24-56-60(57)53-22-10-12-23-55(53)61(56,48-17-6-2-7-18-48)49-19-8-3-9-20-49/h1-41H. The van der Waals surface area contributed by atoms with E-state index in [4.69, 9.17) is 4.42 Å². The minimum Gasteiger partial charge on any atom is -0.456 e. The molecule has 12 rings (SSSR count). The summed E-state index contributed by atoms with van der Waals surface area (Å²) in [5.74, 6) is 0. The van der Waals surface area contributed by atoms with Crippen molar-refractivity contribution in [2.24, 2.45) is 0 Å². The van der Waals surface area contributed by atoms with Gasteiger partial charge in [-0.25, -0.2) is 0 Å². The molecule has 0 saturated heterocycles. The molecule has 1 aromatic heterocycles. The van der Waals surface area contributed by atoms with Gasteiger partial charge in [0.05, 0.1) is 11.1 Å². The molecule has 63 heavy (non-hydrogen) atoms. The van der Waals surface area contributed by atoms with Gasteiger partial charge in [-0.05, 0) is 110 Å². The van der Waals surface area contributed by atoms with Crippen molar-refractivity contribution >= 4 is 39.0 Å². The smallest absolute Gasteiger partial charge is 0.135 e. The highest BCUT2D eigenvalue weighted by molar-refractivity contribution is 6.06. The van der Waals surface area contributed by atoms with Gasteiger partial charge in [0.2, 0.25) is 0 Å². The Bertz CT molecular complexity index is 3370. The Morgan fingerprint density at radius 2 is 0.778 bits per heavy atom. The fourth-order valence-electron chi connectivity index (χ4n) is 10.1. The van der Waals surface area contributed by atoms with Crippen molar-refractivity contribution in [3.63, 3.8) is 0 Å². The molecule has 0 amide bonds. The minimum atomic E-state index is -0.508. The van der Waals surface area contributed by atoms with Gasteiger partial charge in [-0.15, -0.1) is 0 Å². The second kappa shape index (κ2) is 15.1. The monoisotopic (exact) mass is 803 g/mol. The Morgan fingerprint density at radius 1 is 0.317 bits per heavy atom. The average molecular weight is 804 g/mol. The van der Waals surface area contributed by atoms with Gasteiger partial charge in [-0.2, -0.15) is 0 Å². The van der Waals surface area contributed by atoms with Crippen LogP contribution in [0.4, 0.5) is 17.1 Å². The molecular weight excluding hydrogens is 763 g/mol. The van der Waals surface area contributed by atoms with Crippen LogP contribution in [0.3, 0.4) is 0 Å². The number of hydrogen-bond acceptors (Lipinski definition) is 2. The number of rotatable bonds is 8. The Kier molecular flexibility index (Phi) is 8.76. The zero-order valence-corrected chi connectivity index (χ0v) is 34.5. The molecule has 0 radical (unpaired) electrons. The van der Waals surface area contributed by atoms with Gasteiger partial charge < -0.3 is 9.32 Å². The van der Waals surface area contributed by atoms with Gasteiger partial charge in [0.25, 0.3) is 0 Å². The number of nitrogens with zero attached hydrogens (tertiary/aromatic N) is 1. The van der Waals surface area contributed by atoms with Crippen LogP contribution in [0.5, 0.6) is 0 Å². The molecule has 0 spiro atoms. The normalized spacial score (nSPS) is 12.6. The van der Waals surface area contributed by atoms with Crippen molar-refractivity contribution in [3.8, 4) is 44.5 Å². The van der Waals surface area contributed by atoms with E-state index in [0.29, 0.717) is 0 Å². The van der Waals surface area contributed by atoms with Gasteiger partial charge in [-0.1, -0.05) is 200 Å². The lowest BCUT2D eigenvalue weighted by atomic mass is 9.68. The number of furan rings is 1. The molecule has 11 aromatic rings. The van der Waals surface area contributed by atoms with Crippen molar-refractivity contribution in [2.75, 3.05) is 4.90 Å². The molecule has 0 saturated carbocycles. The average Bonchev–Trinajstić information content (AvgIpc) is 3.89. The van der Waals surface area contributed by atoms with Gasteiger partial charge >= 0.3 is 0 Å². The number of para-hydroxylation sites is 1. The number of hydrogen-bond donors (Lipinski definition) is 0. The molecular formula is C61H41NO. The summed E-state index contributed by atoms with van der Waals surface area (Å²) < 4.78 is 6.18. The fourth-order valence-corrected chi connectivity index (χ4v) is 10.1. The molecule has 0 aliphatic heterocycles. The largest absolute Gasteiger partial charge is 0.456 e. The van der Waals surface area contributed by atoms with Gasteiger partial charge in [-0.3, -0.25) is 0 Å². The molecule has 0 N–H and O–H groups in total. The highest BCUT2D eigenvalue weighted by Crippen LogP contribution is 2.59. The zero-order valence-electron chi connectivity index (χ0n) is 34.5. The van der Waals surface area contributed by atoms with Gasteiger partial charge in [0.15, 0.2) is 0 Å². The van der Waals surface area contributed by atoms with Crippen LogP contribution in [-0.4, -0.2) is 0 Å². The Labute approximate surface area is 367 Å². The summed E-state index contributed by atoms with van der Waals surface area (Å²) >= 11 is 0. The summed E-state index contributed by atoms with van der Waals surface area (Å²) in [7, 11) is 0. The van der Waals surface area contributed by atoms with E-state index >= 15 is 0 Å². The molecule has 0 fully saturated rings. The van der Waals surface area contributed by atoms with E-state index < -0.39 is 5.41 Å². The molecule has 1 heterocycles. The van der Waals surface area contributed by atoms with Crippen LogP contribution >= 0.6 is 0 Å². The first-order valence-electron chi connectivity index (χ1n) is 21.7. The minimum absolute atomic E-state index is 0.508.